The summed E-state index contributed by atoms with van der Waals surface area (Å²) in [6.07, 6.45) is 0. The average molecular weight is 360 g/mol. The first-order valence-corrected chi connectivity index (χ1v) is 8.47. The SMILES string of the molecule is CN=C(NCc1ccc(F)c(CN(C)C)c1)N(C)Cc1ccc(F)cc1. The van der Waals surface area contributed by atoms with Gasteiger partial charge < -0.3 is 15.1 Å². The summed E-state index contributed by atoms with van der Waals surface area (Å²) in [5.41, 5.74) is 2.65. The number of rotatable bonds is 6. The van der Waals surface area contributed by atoms with Gasteiger partial charge in [0, 0.05) is 39.3 Å². The molecule has 0 bridgehead atoms. The monoisotopic (exact) mass is 360 g/mol. The van der Waals surface area contributed by atoms with E-state index in [4.69, 9.17) is 0 Å². The number of benzene rings is 2. The van der Waals surface area contributed by atoms with Crippen molar-refractivity contribution >= 4 is 5.96 Å². The number of hydrogen-bond donors (Lipinski definition) is 1. The molecule has 0 aliphatic rings. The van der Waals surface area contributed by atoms with Crippen LogP contribution >= 0.6 is 0 Å². The second-order valence-electron chi connectivity index (χ2n) is 6.55. The van der Waals surface area contributed by atoms with Crippen molar-refractivity contribution in [3.05, 3.63) is 70.8 Å². The summed E-state index contributed by atoms with van der Waals surface area (Å²) in [6, 6.07) is 11.6. The maximum Gasteiger partial charge on any atom is 0.193 e. The summed E-state index contributed by atoms with van der Waals surface area (Å²) in [5.74, 6) is 0.275. The van der Waals surface area contributed by atoms with Crippen LogP contribution in [0.1, 0.15) is 16.7 Å². The lowest BCUT2D eigenvalue weighted by atomic mass is 10.1. The van der Waals surface area contributed by atoms with Gasteiger partial charge >= 0.3 is 0 Å². The lowest BCUT2D eigenvalue weighted by Gasteiger charge is -2.22. The first-order chi connectivity index (χ1) is 12.4. The van der Waals surface area contributed by atoms with Crippen LogP contribution in [0.25, 0.3) is 0 Å². The van der Waals surface area contributed by atoms with Gasteiger partial charge in [0.15, 0.2) is 5.96 Å². The van der Waals surface area contributed by atoms with Crippen LogP contribution in [0.5, 0.6) is 0 Å². The van der Waals surface area contributed by atoms with Crippen molar-refractivity contribution in [2.75, 3.05) is 28.2 Å². The third kappa shape index (κ3) is 5.81. The fraction of sp³-hybridized carbons (Fsp3) is 0.350. The van der Waals surface area contributed by atoms with Crippen LogP contribution in [0.2, 0.25) is 0 Å². The number of guanidine groups is 1. The quantitative estimate of drug-likeness (QED) is 0.634. The second kappa shape index (κ2) is 9.29. The lowest BCUT2D eigenvalue weighted by molar-refractivity contribution is 0.392. The van der Waals surface area contributed by atoms with Crippen molar-refractivity contribution in [1.29, 1.82) is 0 Å². The molecule has 1 N–H and O–H groups in total. The number of hydrogen-bond acceptors (Lipinski definition) is 2. The first-order valence-electron chi connectivity index (χ1n) is 8.47. The highest BCUT2D eigenvalue weighted by molar-refractivity contribution is 5.79. The molecule has 0 aliphatic carbocycles. The van der Waals surface area contributed by atoms with Crippen LogP contribution in [0, 0.1) is 11.6 Å². The molecule has 0 radical (unpaired) electrons. The summed E-state index contributed by atoms with van der Waals surface area (Å²) in [6.45, 7) is 1.70. The maximum atomic E-state index is 13.9. The van der Waals surface area contributed by atoms with Gasteiger partial charge in [-0.05, 0) is 49.5 Å². The van der Waals surface area contributed by atoms with Crippen molar-refractivity contribution in [3.63, 3.8) is 0 Å². The standard InChI is InChI=1S/C20H26F2N4/c1-23-20(26(4)13-15-5-8-18(21)9-6-15)24-12-16-7-10-19(22)17(11-16)14-25(2)3/h5-11H,12-14H2,1-4H3,(H,23,24). The summed E-state index contributed by atoms with van der Waals surface area (Å²) in [4.78, 5) is 8.17. The highest BCUT2D eigenvalue weighted by Gasteiger charge is 2.09. The van der Waals surface area contributed by atoms with Crippen LogP contribution < -0.4 is 5.32 Å². The molecule has 4 nitrogen and oxygen atoms in total. The number of nitrogens with one attached hydrogen (secondary N) is 1. The Hall–Kier alpha value is -2.47. The first kappa shape index (κ1) is 19.8. The molecule has 26 heavy (non-hydrogen) atoms. The Morgan fingerprint density at radius 2 is 1.62 bits per heavy atom. The summed E-state index contributed by atoms with van der Waals surface area (Å²) < 4.78 is 26.9. The highest BCUT2D eigenvalue weighted by Crippen LogP contribution is 2.12. The average Bonchev–Trinajstić information content (AvgIpc) is 2.59. The van der Waals surface area contributed by atoms with E-state index in [1.807, 2.05) is 37.0 Å². The number of aliphatic imine (C=N–C) groups is 1. The fourth-order valence-electron chi connectivity index (χ4n) is 2.70. The Morgan fingerprint density at radius 1 is 0.962 bits per heavy atom. The molecule has 0 amide bonds. The van der Waals surface area contributed by atoms with E-state index in [0.29, 0.717) is 31.2 Å². The van der Waals surface area contributed by atoms with Crippen molar-refractivity contribution in [2.45, 2.75) is 19.6 Å². The van der Waals surface area contributed by atoms with Gasteiger partial charge in [0.25, 0.3) is 0 Å². The van der Waals surface area contributed by atoms with Gasteiger partial charge in [-0.1, -0.05) is 18.2 Å². The van der Waals surface area contributed by atoms with E-state index in [1.165, 1.54) is 18.2 Å². The third-order valence-corrected chi connectivity index (χ3v) is 3.95. The summed E-state index contributed by atoms with van der Waals surface area (Å²) in [5, 5.41) is 3.28. The second-order valence-corrected chi connectivity index (χ2v) is 6.55. The molecule has 0 aromatic heterocycles. The maximum absolute atomic E-state index is 13.9. The van der Waals surface area contributed by atoms with Crippen LogP contribution in [0.4, 0.5) is 8.78 Å². The number of nitrogens with zero attached hydrogens (tertiary/aromatic N) is 3. The van der Waals surface area contributed by atoms with Crippen LogP contribution in [0.3, 0.4) is 0 Å². The van der Waals surface area contributed by atoms with Gasteiger partial charge in [0.2, 0.25) is 0 Å². The van der Waals surface area contributed by atoms with Crippen molar-refractivity contribution in [1.82, 2.24) is 15.1 Å². The molecule has 0 saturated carbocycles. The number of halogens is 2. The van der Waals surface area contributed by atoms with Crippen molar-refractivity contribution < 1.29 is 8.78 Å². The van der Waals surface area contributed by atoms with E-state index in [1.54, 1.807) is 25.2 Å². The highest BCUT2D eigenvalue weighted by atomic mass is 19.1. The van der Waals surface area contributed by atoms with Gasteiger partial charge in [-0.25, -0.2) is 8.78 Å². The van der Waals surface area contributed by atoms with E-state index in [-0.39, 0.29) is 11.6 Å². The van der Waals surface area contributed by atoms with Gasteiger partial charge in [-0.15, -0.1) is 0 Å². The zero-order valence-electron chi connectivity index (χ0n) is 15.8. The molecule has 0 fully saturated rings. The van der Waals surface area contributed by atoms with Crippen molar-refractivity contribution in [3.8, 4) is 0 Å². The van der Waals surface area contributed by atoms with Gasteiger partial charge in [-0.3, -0.25) is 4.99 Å². The Morgan fingerprint density at radius 3 is 2.23 bits per heavy atom. The largest absolute Gasteiger partial charge is 0.352 e. The minimum Gasteiger partial charge on any atom is -0.352 e. The van der Waals surface area contributed by atoms with E-state index in [2.05, 4.69) is 10.3 Å². The van der Waals surface area contributed by atoms with E-state index < -0.39 is 0 Å². The van der Waals surface area contributed by atoms with Crippen LogP contribution in [-0.4, -0.2) is 44.0 Å². The molecule has 2 rings (SSSR count). The lowest BCUT2D eigenvalue weighted by Crippen LogP contribution is -2.38. The van der Waals surface area contributed by atoms with Gasteiger partial charge in [-0.2, -0.15) is 0 Å². The molecule has 2 aromatic carbocycles. The summed E-state index contributed by atoms with van der Waals surface area (Å²) in [7, 11) is 7.46. The van der Waals surface area contributed by atoms with Crippen LogP contribution in [0.15, 0.2) is 47.5 Å². The van der Waals surface area contributed by atoms with Gasteiger partial charge in [0.05, 0.1) is 0 Å². The minimum absolute atomic E-state index is 0.194. The molecular formula is C20H26F2N4. The topological polar surface area (TPSA) is 30.9 Å². The molecule has 140 valence electrons. The van der Waals surface area contributed by atoms with E-state index in [9.17, 15) is 8.78 Å². The molecule has 2 aromatic rings. The Labute approximate surface area is 154 Å². The molecule has 0 unspecified atom stereocenters. The predicted molar refractivity (Wildman–Crippen MR) is 102 cm³/mol. The summed E-state index contributed by atoms with van der Waals surface area (Å²) >= 11 is 0. The Bertz CT molecular complexity index is 742. The zero-order valence-corrected chi connectivity index (χ0v) is 15.8. The molecule has 0 spiro atoms. The molecule has 0 atom stereocenters. The van der Waals surface area contributed by atoms with Crippen molar-refractivity contribution in [2.24, 2.45) is 4.99 Å². The third-order valence-electron chi connectivity index (χ3n) is 3.95. The molecular weight excluding hydrogens is 334 g/mol. The van der Waals surface area contributed by atoms with E-state index >= 15 is 0 Å². The molecule has 6 heteroatoms. The predicted octanol–water partition coefficient (Wildman–Crippen LogP) is 3.23. The molecule has 0 saturated heterocycles. The fourth-order valence-corrected chi connectivity index (χ4v) is 2.70. The van der Waals surface area contributed by atoms with Gasteiger partial charge in [0.1, 0.15) is 11.6 Å². The smallest absolute Gasteiger partial charge is 0.193 e. The van der Waals surface area contributed by atoms with Crippen LogP contribution in [-0.2, 0) is 19.6 Å². The van der Waals surface area contributed by atoms with E-state index in [0.717, 1.165) is 11.1 Å². The normalized spacial score (nSPS) is 11.7. The minimum atomic E-state index is -0.247. The molecule has 0 heterocycles. The zero-order chi connectivity index (χ0) is 19.1. The Balaban J connectivity index is 1.98. The molecule has 0 aliphatic heterocycles. The Kier molecular flexibility index (Phi) is 7.09.